The van der Waals surface area contributed by atoms with Crippen LogP contribution in [0.2, 0.25) is 0 Å². The molecule has 0 saturated carbocycles. The molecule has 0 amide bonds. The molecular weight excluding hydrogens is 246 g/mol. The summed E-state index contributed by atoms with van der Waals surface area (Å²) in [5.74, 6) is -0.158. The maximum atomic E-state index is 11.7. The van der Waals surface area contributed by atoms with E-state index in [1.54, 1.807) is 42.6 Å². The van der Waals surface area contributed by atoms with E-state index in [4.69, 9.17) is 9.15 Å². The summed E-state index contributed by atoms with van der Waals surface area (Å²) in [5.41, 5.74) is 0.609. The number of benzene rings is 1. The molecule has 0 saturated heterocycles. The molecule has 2 aromatic heterocycles. The first kappa shape index (κ1) is 11.2. The van der Waals surface area contributed by atoms with Crippen molar-refractivity contribution >= 4 is 0 Å². The minimum Gasteiger partial charge on any atom is -0.408 e. The number of hydrogen-bond acceptors (Lipinski definition) is 5. The first-order valence-corrected chi connectivity index (χ1v) is 5.56. The number of ether oxygens (including phenoxy) is 1. The third-order valence-electron chi connectivity index (χ3n) is 2.37. The second-order valence-corrected chi connectivity index (χ2v) is 3.67. The van der Waals surface area contributed by atoms with Gasteiger partial charge in [0, 0.05) is 6.20 Å². The Hall–Kier alpha value is -2.89. The molecule has 0 unspecified atom stereocenters. The van der Waals surface area contributed by atoms with E-state index in [-0.39, 0.29) is 6.08 Å². The van der Waals surface area contributed by atoms with Crippen LogP contribution in [0.3, 0.4) is 0 Å². The minimum absolute atomic E-state index is 0.123. The summed E-state index contributed by atoms with van der Waals surface area (Å²) >= 11 is 0. The third kappa shape index (κ3) is 2.37. The summed E-state index contributed by atoms with van der Waals surface area (Å²) in [5, 5.41) is 3.96. The lowest BCUT2D eigenvalue weighted by Crippen LogP contribution is -2.12. The third-order valence-corrected chi connectivity index (χ3v) is 2.37. The second kappa shape index (κ2) is 4.77. The fourth-order valence-corrected chi connectivity index (χ4v) is 1.54. The number of rotatable bonds is 3. The highest BCUT2D eigenvalue weighted by Crippen LogP contribution is 2.16. The molecule has 0 atom stereocenters. The number of aromatic nitrogens is 3. The van der Waals surface area contributed by atoms with E-state index < -0.39 is 5.76 Å². The summed E-state index contributed by atoms with van der Waals surface area (Å²) in [6.45, 7) is 0. The van der Waals surface area contributed by atoms with Gasteiger partial charge in [0.1, 0.15) is 0 Å². The van der Waals surface area contributed by atoms with E-state index in [2.05, 4.69) is 10.1 Å². The van der Waals surface area contributed by atoms with E-state index in [1.165, 1.54) is 6.20 Å². The molecule has 6 nitrogen and oxygen atoms in total. The zero-order valence-corrected chi connectivity index (χ0v) is 9.76. The van der Waals surface area contributed by atoms with Crippen molar-refractivity contribution < 1.29 is 9.15 Å². The molecule has 1 aromatic carbocycles. The minimum atomic E-state index is -0.606. The highest BCUT2D eigenvalue weighted by Gasteiger charge is 2.11. The van der Waals surface area contributed by atoms with E-state index in [0.717, 1.165) is 4.68 Å². The average molecular weight is 255 g/mol. The summed E-state index contributed by atoms with van der Waals surface area (Å²) in [6, 6.07) is 12.4. The maximum absolute atomic E-state index is 11.7. The normalized spacial score (nSPS) is 10.3. The van der Waals surface area contributed by atoms with Crippen LogP contribution in [-0.4, -0.2) is 14.8 Å². The summed E-state index contributed by atoms with van der Waals surface area (Å²) in [7, 11) is 0. The Kier molecular flexibility index (Phi) is 2.82. The van der Waals surface area contributed by atoms with Gasteiger partial charge in [-0.15, -0.1) is 0 Å². The fraction of sp³-hybridized carbons (Fsp3) is 0. The number of hydrogen-bond donors (Lipinski definition) is 0. The van der Waals surface area contributed by atoms with Crippen molar-refractivity contribution in [3.63, 3.8) is 0 Å². The molecule has 0 bridgehead atoms. The molecule has 0 aliphatic carbocycles. The zero-order chi connectivity index (χ0) is 13.1. The van der Waals surface area contributed by atoms with Crippen LogP contribution in [0.1, 0.15) is 0 Å². The molecule has 3 rings (SSSR count). The van der Waals surface area contributed by atoms with E-state index in [9.17, 15) is 4.79 Å². The van der Waals surface area contributed by atoms with Gasteiger partial charge in [0.25, 0.3) is 0 Å². The van der Waals surface area contributed by atoms with Crippen molar-refractivity contribution in [2.24, 2.45) is 0 Å². The summed E-state index contributed by atoms with van der Waals surface area (Å²) in [4.78, 5) is 15.6. The monoisotopic (exact) mass is 255 g/mol. The first-order valence-electron chi connectivity index (χ1n) is 5.56. The average Bonchev–Trinajstić information content (AvgIpc) is 2.82. The predicted octanol–water partition coefficient (Wildman–Crippen LogP) is 2.01. The van der Waals surface area contributed by atoms with Gasteiger partial charge in [0.05, 0.1) is 11.9 Å². The molecule has 0 aliphatic rings. The second-order valence-electron chi connectivity index (χ2n) is 3.67. The Morgan fingerprint density at radius 2 is 1.95 bits per heavy atom. The molecule has 94 valence electrons. The Labute approximate surface area is 107 Å². The summed E-state index contributed by atoms with van der Waals surface area (Å²) < 4.78 is 11.4. The van der Waals surface area contributed by atoms with Crippen LogP contribution in [0, 0.1) is 0 Å². The van der Waals surface area contributed by atoms with Gasteiger partial charge in [-0.05, 0) is 24.3 Å². The van der Waals surface area contributed by atoms with Gasteiger partial charge in [0.15, 0.2) is 5.75 Å². The van der Waals surface area contributed by atoms with Gasteiger partial charge in [0.2, 0.25) is 0 Å². The Bertz CT molecular complexity index is 720. The highest BCUT2D eigenvalue weighted by atomic mass is 16.6. The van der Waals surface area contributed by atoms with Gasteiger partial charge in [-0.2, -0.15) is 4.68 Å². The Morgan fingerprint density at radius 1 is 1.11 bits per heavy atom. The molecule has 3 aromatic rings. The number of pyridine rings is 1. The van der Waals surface area contributed by atoms with Crippen LogP contribution in [0.15, 0.2) is 64.1 Å². The van der Waals surface area contributed by atoms with E-state index >= 15 is 0 Å². The SMILES string of the molecule is O=c1oc(Oc2cccnc2)nn1-c1ccccc1. The van der Waals surface area contributed by atoms with Gasteiger partial charge in [-0.25, -0.2) is 4.79 Å². The van der Waals surface area contributed by atoms with Gasteiger partial charge in [-0.3, -0.25) is 4.98 Å². The van der Waals surface area contributed by atoms with Crippen molar-refractivity contribution in [3.8, 4) is 17.5 Å². The molecule has 2 heterocycles. The van der Waals surface area contributed by atoms with Crippen LogP contribution >= 0.6 is 0 Å². The van der Waals surface area contributed by atoms with Crippen molar-refractivity contribution in [1.29, 1.82) is 0 Å². The molecule has 0 spiro atoms. The largest absolute Gasteiger partial charge is 0.444 e. The molecule has 6 heteroatoms. The molecular formula is C13H9N3O3. The van der Waals surface area contributed by atoms with E-state index in [0.29, 0.717) is 11.4 Å². The molecule has 0 radical (unpaired) electrons. The van der Waals surface area contributed by atoms with Crippen LogP contribution in [0.5, 0.6) is 11.8 Å². The van der Waals surface area contributed by atoms with E-state index in [1.807, 2.05) is 6.07 Å². The van der Waals surface area contributed by atoms with Crippen molar-refractivity contribution in [1.82, 2.24) is 14.8 Å². The molecule has 0 fully saturated rings. The Morgan fingerprint density at radius 3 is 2.68 bits per heavy atom. The smallest absolute Gasteiger partial charge is 0.408 e. The highest BCUT2D eigenvalue weighted by molar-refractivity contribution is 5.29. The van der Waals surface area contributed by atoms with Crippen molar-refractivity contribution in [3.05, 3.63) is 65.4 Å². The zero-order valence-electron chi connectivity index (χ0n) is 9.76. The molecule has 19 heavy (non-hydrogen) atoms. The van der Waals surface area contributed by atoms with Gasteiger partial charge in [-0.1, -0.05) is 23.3 Å². The predicted molar refractivity (Wildman–Crippen MR) is 66.4 cm³/mol. The Balaban J connectivity index is 1.92. The van der Waals surface area contributed by atoms with Gasteiger partial charge < -0.3 is 9.15 Å². The van der Waals surface area contributed by atoms with Gasteiger partial charge >= 0.3 is 11.8 Å². The summed E-state index contributed by atoms with van der Waals surface area (Å²) in [6.07, 6.45) is 2.99. The quantitative estimate of drug-likeness (QED) is 0.716. The lowest BCUT2D eigenvalue weighted by molar-refractivity contribution is 0.319. The topological polar surface area (TPSA) is 70.2 Å². The van der Waals surface area contributed by atoms with Crippen molar-refractivity contribution in [2.75, 3.05) is 0 Å². The lowest BCUT2D eigenvalue weighted by Gasteiger charge is -1.97. The number of para-hydroxylation sites is 1. The maximum Gasteiger partial charge on any atom is 0.444 e. The fourth-order valence-electron chi connectivity index (χ4n) is 1.54. The van der Waals surface area contributed by atoms with Crippen LogP contribution in [0.4, 0.5) is 0 Å². The standard InChI is InChI=1S/C13H9N3O3/c17-13-16(10-5-2-1-3-6-10)15-12(19-13)18-11-7-4-8-14-9-11/h1-9H. The lowest BCUT2D eigenvalue weighted by atomic mass is 10.3. The molecule has 0 N–H and O–H groups in total. The van der Waals surface area contributed by atoms with Crippen LogP contribution in [0.25, 0.3) is 5.69 Å². The van der Waals surface area contributed by atoms with Crippen molar-refractivity contribution in [2.45, 2.75) is 0 Å². The van der Waals surface area contributed by atoms with Crippen LogP contribution < -0.4 is 10.5 Å². The van der Waals surface area contributed by atoms with Crippen LogP contribution in [-0.2, 0) is 0 Å². The first-order chi connectivity index (χ1) is 9.33. The number of nitrogens with zero attached hydrogens (tertiary/aromatic N) is 3. The molecule has 0 aliphatic heterocycles.